The first-order valence-electron chi connectivity index (χ1n) is 10.8. The minimum absolute atomic E-state index is 0.0478. The van der Waals surface area contributed by atoms with Crippen LogP contribution in [0.3, 0.4) is 0 Å². The molecule has 0 radical (unpaired) electrons. The molecule has 0 spiro atoms. The van der Waals surface area contributed by atoms with E-state index >= 15 is 0 Å². The van der Waals surface area contributed by atoms with Gasteiger partial charge in [-0.1, -0.05) is 55.5 Å². The summed E-state index contributed by atoms with van der Waals surface area (Å²) in [5.41, 5.74) is 5.25. The van der Waals surface area contributed by atoms with Crippen LogP contribution in [0.2, 0.25) is 0 Å². The third-order valence-corrected chi connectivity index (χ3v) is 6.48. The lowest BCUT2D eigenvalue weighted by Crippen LogP contribution is -2.40. The Kier molecular flexibility index (Phi) is 6.98. The van der Waals surface area contributed by atoms with E-state index in [2.05, 4.69) is 50.8 Å². The van der Waals surface area contributed by atoms with Crippen molar-refractivity contribution in [2.75, 3.05) is 11.9 Å². The van der Waals surface area contributed by atoms with Gasteiger partial charge in [-0.3, -0.25) is 10.1 Å². The Hall–Kier alpha value is -3.65. The average molecular weight is 523 g/mol. The van der Waals surface area contributed by atoms with Crippen LogP contribution in [0.25, 0.3) is 11.1 Å². The summed E-state index contributed by atoms with van der Waals surface area (Å²) < 4.78 is 6.02. The molecule has 3 aromatic carbocycles. The van der Waals surface area contributed by atoms with Crippen LogP contribution >= 0.6 is 15.9 Å². The smallest absolute Gasteiger partial charge is 0.411 e. The SMILES string of the molecule is CC[C@@H](NC(=O)c1ccc(NC(=O)OCC2c3ccccc3-c3ccccc32)c(Br)c1)C(=O)O. The number of rotatable bonds is 7. The lowest BCUT2D eigenvalue weighted by Gasteiger charge is -2.15. The Morgan fingerprint density at radius 2 is 1.62 bits per heavy atom. The number of ether oxygens (including phenoxy) is 1. The number of nitrogens with one attached hydrogen (secondary N) is 2. The zero-order valence-corrected chi connectivity index (χ0v) is 20.0. The molecule has 0 aromatic heterocycles. The highest BCUT2D eigenvalue weighted by Crippen LogP contribution is 2.44. The number of aliphatic carboxylic acids is 1. The Bertz CT molecular complexity index is 1210. The summed E-state index contributed by atoms with van der Waals surface area (Å²) in [6.45, 7) is 1.86. The van der Waals surface area contributed by atoms with Crippen molar-refractivity contribution in [3.63, 3.8) is 0 Å². The standard InChI is InChI=1S/C26H23BrN2O5/c1-2-22(25(31)32)28-24(30)15-11-12-23(21(27)13-15)29-26(33)34-14-20-18-9-5-3-7-16(18)17-8-4-6-10-19(17)20/h3-13,20,22H,2,14H2,1H3,(H,28,30)(H,29,33)(H,31,32)/t22-/m1/s1. The van der Waals surface area contributed by atoms with E-state index in [9.17, 15) is 14.4 Å². The van der Waals surface area contributed by atoms with Crippen LogP contribution in [0.1, 0.15) is 40.7 Å². The summed E-state index contributed by atoms with van der Waals surface area (Å²) in [6, 6.07) is 19.8. The van der Waals surface area contributed by atoms with Gasteiger partial charge in [0, 0.05) is 16.0 Å². The van der Waals surface area contributed by atoms with Gasteiger partial charge in [-0.05, 0) is 62.8 Å². The summed E-state index contributed by atoms with van der Waals surface area (Å²) in [5, 5.41) is 14.3. The zero-order chi connectivity index (χ0) is 24.2. The van der Waals surface area contributed by atoms with E-state index in [1.54, 1.807) is 13.0 Å². The number of carboxylic acids is 1. The number of carbonyl (C=O) groups is 3. The Morgan fingerprint density at radius 1 is 1.00 bits per heavy atom. The van der Waals surface area contributed by atoms with Crippen molar-refractivity contribution in [3.8, 4) is 11.1 Å². The van der Waals surface area contributed by atoms with E-state index in [1.165, 1.54) is 12.1 Å². The maximum Gasteiger partial charge on any atom is 0.411 e. The molecule has 4 rings (SSSR count). The molecule has 1 aliphatic rings. The number of anilines is 1. The Balaban J connectivity index is 1.40. The minimum Gasteiger partial charge on any atom is -0.480 e. The molecule has 0 fully saturated rings. The summed E-state index contributed by atoms with van der Waals surface area (Å²) in [7, 11) is 0. The molecule has 0 unspecified atom stereocenters. The van der Waals surface area contributed by atoms with Crippen molar-refractivity contribution in [1.82, 2.24) is 5.32 Å². The van der Waals surface area contributed by atoms with Crippen molar-refractivity contribution in [2.24, 2.45) is 0 Å². The highest BCUT2D eigenvalue weighted by molar-refractivity contribution is 9.10. The number of benzene rings is 3. The number of hydrogen-bond donors (Lipinski definition) is 3. The first kappa shape index (κ1) is 23.5. The Labute approximate surface area is 205 Å². The lowest BCUT2D eigenvalue weighted by atomic mass is 9.98. The lowest BCUT2D eigenvalue weighted by molar-refractivity contribution is -0.139. The van der Waals surface area contributed by atoms with Gasteiger partial charge >= 0.3 is 12.1 Å². The molecule has 2 amide bonds. The quantitative estimate of drug-likeness (QED) is 0.385. The molecule has 34 heavy (non-hydrogen) atoms. The molecule has 0 saturated heterocycles. The minimum atomic E-state index is -1.09. The second-order valence-electron chi connectivity index (χ2n) is 7.92. The van der Waals surface area contributed by atoms with E-state index < -0.39 is 24.0 Å². The van der Waals surface area contributed by atoms with Gasteiger partial charge in [-0.15, -0.1) is 0 Å². The van der Waals surface area contributed by atoms with Crippen LogP contribution in [0.15, 0.2) is 71.2 Å². The fourth-order valence-corrected chi connectivity index (χ4v) is 4.56. The summed E-state index contributed by atoms with van der Waals surface area (Å²) in [4.78, 5) is 36.0. The van der Waals surface area contributed by atoms with Crippen molar-refractivity contribution < 1.29 is 24.2 Å². The molecular weight excluding hydrogens is 500 g/mol. The fourth-order valence-electron chi connectivity index (χ4n) is 4.08. The van der Waals surface area contributed by atoms with Crippen LogP contribution in [0, 0.1) is 0 Å². The van der Waals surface area contributed by atoms with Crippen molar-refractivity contribution >= 4 is 39.6 Å². The summed E-state index contributed by atoms with van der Waals surface area (Å²) >= 11 is 3.35. The topological polar surface area (TPSA) is 105 Å². The monoisotopic (exact) mass is 522 g/mol. The molecule has 3 aromatic rings. The molecule has 174 valence electrons. The predicted molar refractivity (Wildman–Crippen MR) is 132 cm³/mol. The van der Waals surface area contributed by atoms with E-state index in [1.807, 2.05) is 24.3 Å². The summed E-state index contributed by atoms with van der Waals surface area (Å²) in [5.74, 6) is -1.65. The highest BCUT2D eigenvalue weighted by Gasteiger charge is 2.29. The second kappa shape index (κ2) is 10.1. The predicted octanol–water partition coefficient (Wildman–Crippen LogP) is 5.40. The van der Waals surface area contributed by atoms with E-state index in [0.717, 1.165) is 22.3 Å². The summed E-state index contributed by atoms with van der Waals surface area (Å²) in [6.07, 6.45) is -0.347. The van der Waals surface area contributed by atoms with Gasteiger partial charge in [-0.2, -0.15) is 0 Å². The molecule has 0 saturated carbocycles. The second-order valence-corrected chi connectivity index (χ2v) is 8.77. The third-order valence-electron chi connectivity index (χ3n) is 5.82. The normalized spacial score (nSPS) is 12.9. The number of hydrogen-bond acceptors (Lipinski definition) is 4. The van der Waals surface area contributed by atoms with Crippen LogP contribution in [0.4, 0.5) is 10.5 Å². The van der Waals surface area contributed by atoms with E-state index in [4.69, 9.17) is 9.84 Å². The molecule has 0 bridgehead atoms. The maximum atomic E-state index is 12.5. The van der Waals surface area contributed by atoms with E-state index in [-0.39, 0.29) is 24.5 Å². The number of fused-ring (bicyclic) bond motifs is 3. The van der Waals surface area contributed by atoms with Gasteiger partial charge < -0.3 is 15.2 Å². The van der Waals surface area contributed by atoms with Crippen molar-refractivity contribution in [2.45, 2.75) is 25.3 Å². The van der Waals surface area contributed by atoms with Crippen LogP contribution in [0.5, 0.6) is 0 Å². The molecule has 7 nitrogen and oxygen atoms in total. The fraction of sp³-hybridized carbons (Fsp3) is 0.192. The molecular formula is C26H23BrN2O5. The van der Waals surface area contributed by atoms with Crippen LogP contribution in [-0.2, 0) is 9.53 Å². The third kappa shape index (κ3) is 4.82. The highest BCUT2D eigenvalue weighted by atomic mass is 79.9. The van der Waals surface area contributed by atoms with Gasteiger partial charge in [0.25, 0.3) is 5.91 Å². The molecule has 0 aliphatic heterocycles. The first-order valence-corrected chi connectivity index (χ1v) is 11.6. The van der Waals surface area contributed by atoms with Crippen molar-refractivity contribution in [1.29, 1.82) is 0 Å². The zero-order valence-electron chi connectivity index (χ0n) is 18.4. The first-order chi connectivity index (χ1) is 16.4. The molecule has 1 aliphatic carbocycles. The van der Waals surface area contributed by atoms with Crippen LogP contribution < -0.4 is 10.6 Å². The largest absolute Gasteiger partial charge is 0.480 e. The van der Waals surface area contributed by atoms with Gasteiger partial charge in [0.2, 0.25) is 0 Å². The Morgan fingerprint density at radius 3 is 2.18 bits per heavy atom. The van der Waals surface area contributed by atoms with Gasteiger partial charge in [0.1, 0.15) is 12.6 Å². The van der Waals surface area contributed by atoms with Gasteiger partial charge in [0.15, 0.2) is 0 Å². The van der Waals surface area contributed by atoms with Crippen molar-refractivity contribution in [3.05, 3.63) is 87.9 Å². The average Bonchev–Trinajstić information content (AvgIpc) is 3.16. The van der Waals surface area contributed by atoms with Crippen LogP contribution in [-0.4, -0.2) is 35.7 Å². The number of carbonyl (C=O) groups excluding carboxylic acids is 2. The van der Waals surface area contributed by atoms with Gasteiger partial charge in [0.05, 0.1) is 5.69 Å². The number of carboxylic acid groups (broad SMARTS) is 1. The molecule has 1 atom stereocenters. The molecule has 3 N–H and O–H groups in total. The molecule has 0 heterocycles. The maximum absolute atomic E-state index is 12.5. The number of halogens is 1. The van der Waals surface area contributed by atoms with E-state index in [0.29, 0.717) is 10.2 Å². The molecule has 8 heteroatoms. The van der Waals surface area contributed by atoms with Gasteiger partial charge in [-0.25, -0.2) is 9.59 Å². The number of amides is 2.